The molecule has 1 fully saturated rings. The van der Waals surface area contributed by atoms with E-state index in [4.69, 9.17) is 9.47 Å². The van der Waals surface area contributed by atoms with Crippen LogP contribution in [0, 0.1) is 0 Å². The Bertz CT molecular complexity index is 329. The number of para-hydroxylation sites is 1. The third-order valence-corrected chi connectivity index (χ3v) is 2.47. The third-order valence-electron chi connectivity index (χ3n) is 2.47. The van der Waals surface area contributed by atoms with Gasteiger partial charge in [-0.1, -0.05) is 44.7 Å². The molecule has 2 nitrogen and oxygen atoms in total. The van der Waals surface area contributed by atoms with E-state index in [1.54, 1.807) is 6.08 Å². The highest BCUT2D eigenvalue weighted by Gasteiger charge is 2.22. The van der Waals surface area contributed by atoms with Crippen molar-refractivity contribution in [1.29, 1.82) is 0 Å². The molecule has 1 atom stereocenters. The van der Waals surface area contributed by atoms with E-state index in [1.807, 2.05) is 32.0 Å². The van der Waals surface area contributed by atoms with E-state index < -0.39 is 0 Å². The van der Waals surface area contributed by atoms with Crippen LogP contribution in [0.15, 0.2) is 36.9 Å². The highest BCUT2D eigenvalue weighted by molar-refractivity contribution is 5.33. The average Bonchev–Trinajstić information content (AvgIpc) is 3.21. The Labute approximate surface area is 104 Å². The van der Waals surface area contributed by atoms with Gasteiger partial charge in [0, 0.05) is 0 Å². The lowest BCUT2D eigenvalue weighted by Gasteiger charge is -2.09. The number of hydrogen-bond acceptors (Lipinski definition) is 2. The predicted molar refractivity (Wildman–Crippen MR) is 71.5 cm³/mol. The minimum atomic E-state index is 0.484. The van der Waals surface area contributed by atoms with Gasteiger partial charge in [-0.25, -0.2) is 0 Å². The monoisotopic (exact) mass is 234 g/mol. The van der Waals surface area contributed by atoms with Crippen molar-refractivity contribution in [1.82, 2.24) is 0 Å². The van der Waals surface area contributed by atoms with Gasteiger partial charge in [0.25, 0.3) is 0 Å². The first-order valence-electron chi connectivity index (χ1n) is 6.33. The summed E-state index contributed by atoms with van der Waals surface area (Å²) in [5, 5.41) is 0. The van der Waals surface area contributed by atoms with Crippen LogP contribution >= 0.6 is 0 Å². The van der Waals surface area contributed by atoms with Gasteiger partial charge in [0.05, 0.1) is 12.7 Å². The zero-order valence-electron chi connectivity index (χ0n) is 10.8. The Balaban J connectivity index is 0.000000686. The number of rotatable bonds is 6. The molecule has 94 valence electrons. The molecule has 1 saturated heterocycles. The molecule has 1 aromatic rings. The first kappa shape index (κ1) is 13.8. The molecule has 1 aromatic carbocycles. The van der Waals surface area contributed by atoms with Crippen LogP contribution in [0.2, 0.25) is 0 Å². The Morgan fingerprint density at radius 2 is 2.12 bits per heavy atom. The third kappa shape index (κ3) is 5.05. The maximum absolute atomic E-state index is 5.58. The summed E-state index contributed by atoms with van der Waals surface area (Å²) in [6, 6.07) is 8.16. The van der Waals surface area contributed by atoms with Crippen LogP contribution in [0.3, 0.4) is 0 Å². The second-order valence-corrected chi connectivity index (χ2v) is 3.70. The summed E-state index contributed by atoms with van der Waals surface area (Å²) in [6.45, 7) is 9.14. The summed E-state index contributed by atoms with van der Waals surface area (Å²) in [4.78, 5) is 0. The average molecular weight is 234 g/mol. The van der Waals surface area contributed by atoms with Gasteiger partial charge in [0.15, 0.2) is 0 Å². The molecule has 2 heteroatoms. The van der Waals surface area contributed by atoms with Crippen molar-refractivity contribution in [3.05, 3.63) is 42.5 Å². The van der Waals surface area contributed by atoms with Crippen molar-refractivity contribution in [2.45, 2.75) is 32.8 Å². The lowest BCUT2D eigenvalue weighted by Crippen LogP contribution is -1.98. The molecule has 0 aromatic heterocycles. The molecular formula is C15H22O2. The molecule has 0 saturated carbocycles. The van der Waals surface area contributed by atoms with E-state index in [-0.39, 0.29) is 0 Å². The number of aryl methyl sites for hydroxylation is 1. The fourth-order valence-electron chi connectivity index (χ4n) is 1.55. The van der Waals surface area contributed by atoms with Crippen molar-refractivity contribution in [2.75, 3.05) is 13.2 Å². The number of epoxide rings is 1. The zero-order chi connectivity index (χ0) is 12.5. The van der Waals surface area contributed by atoms with E-state index in [2.05, 4.69) is 12.6 Å². The molecule has 0 spiro atoms. The lowest BCUT2D eigenvalue weighted by molar-refractivity contribution is 0.356. The normalized spacial score (nSPS) is 16.7. The quantitative estimate of drug-likeness (QED) is 0.554. The molecule has 1 aliphatic rings. The Morgan fingerprint density at radius 3 is 2.76 bits per heavy atom. The molecule has 17 heavy (non-hydrogen) atoms. The van der Waals surface area contributed by atoms with Crippen LogP contribution in [0.1, 0.15) is 25.8 Å². The minimum absolute atomic E-state index is 0.484. The Kier molecular flexibility index (Phi) is 6.41. The van der Waals surface area contributed by atoms with Gasteiger partial charge in [0.1, 0.15) is 12.4 Å². The number of benzene rings is 1. The minimum Gasteiger partial charge on any atom is -0.489 e. The highest BCUT2D eigenvalue weighted by Crippen LogP contribution is 2.23. The maximum atomic E-state index is 5.58. The summed E-state index contributed by atoms with van der Waals surface area (Å²) in [6.07, 6.45) is 4.37. The van der Waals surface area contributed by atoms with Gasteiger partial charge < -0.3 is 9.47 Å². The summed E-state index contributed by atoms with van der Waals surface area (Å²) in [7, 11) is 0. The summed E-state index contributed by atoms with van der Waals surface area (Å²) in [5.74, 6) is 0.970. The lowest BCUT2D eigenvalue weighted by atomic mass is 10.1. The van der Waals surface area contributed by atoms with Crippen molar-refractivity contribution in [2.24, 2.45) is 0 Å². The standard InChI is InChI=1S/C13H16O2.C2H6/c1-2-9-14-13-6-4-3-5-11(13)7-8-12-10-15-12;1-2/h2-6,12H,1,7-10H2;1-2H3. The van der Waals surface area contributed by atoms with Crippen molar-refractivity contribution < 1.29 is 9.47 Å². The van der Waals surface area contributed by atoms with Crippen molar-refractivity contribution >= 4 is 0 Å². The van der Waals surface area contributed by atoms with Crippen LogP contribution in [0.25, 0.3) is 0 Å². The molecule has 1 heterocycles. The molecule has 1 aliphatic heterocycles. The van der Waals surface area contributed by atoms with Crippen LogP contribution in [0.4, 0.5) is 0 Å². The van der Waals surface area contributed by atoms with Gasteiger partial charge in [0.2, 0.25) is 0 Å². The summed E-state index contributed by atoms with van der Waals surface area (Å²) >= 11 is 0. The van der Waals surface area contributed by atoms with Crippen LogP contribution in [0.5, 0.6) is 5.75 Å². The fraction of sp³-hybridized carbons (Fsp3) is 0.467. The summed E-state index contributed by atoms with van der Waals surface area (Å²) < 4.78 is 10.8. The first-order chi connectivity index (χ1) is 8.40. The molecular weight excluding hydrogens is 212 g/mol. The molecule has 0 aliphatic carbocycles. The SMILES string of the molecule is C=CCOc1ccccc1CCC1CO1.CC. The smallest absolute Gasteiger partial charge is 0.122 e. The summed E-state index contributed by atoms with van der Waals surface area (Å²) in [5.41, 5.74) is 1.26. The van der Waals surface area contributed by atoms with E-state index in [0.717, 1.165) is 25.2 Å². The number of ether oxygens (including phenoxy) is 2. The molecule has 0 radical (unpaired) electrons. The van der Waals surface area contributed by atoms with Crippen molar-refractivity contribution in [3.8, 4) is 5.75 Å². The largest absolute Gasteiger partial charge is 0.489 e. The molecule has 0 bridgehead atoms. The Morgan fingerprint density at radius 1 is 1.41 bits per heavy atom. The number of hydrogen-bond donors (Lipinski definition) is 0. The highest BCUT2D eigenvalue weighted by atomic mass is 16.6. The van der Waals surface area contributed by atoms with Gasteiger partial charge in [-0.2, -0.15) is 0 Å². The fourth-order valence-corrected chi connectivity index (χ4v) is 1.55. The van der Waals surface area contributed by atoms with E-state index in [1.165, 1.54) is 5.56 Å². The van der Waals surface area contributed by atoms with E-state index in [0.29, 0.717) is 12.7 Å². The Hall–Kier alpha value is -1.28. The maximum Gasteiger partial charge on any atom is 0.122 e. The van der Waals surface area contributed by atoms with Gasteiger partial charge in [-0.3, -0.25) is 0 Å². The van der Waals surface area contributed by atoms with Gasteiger partial charge >= 0.3 is 0 Å². The van der Waals surface area contributed by atoms with Crippen LogP contribution in [-0.2, 0) is 11.2 Å². The van der Waals surface area contributed by atoms with Gasteiger partial charge in [-0.05, 0) is 24.5 Å². The topological polar surface area (TPSA) is 21.8 Å². The zero-order valence-corrected chi connectivity index (χ0v) is 10.8. The van der Waals surface area contributed by atoms with Crippen LogP contribution in [-0.4, -0.2) is 19.3 Å². The van der Waals surface area contributed by atoms with Crippen molar-refractivity contribution in [3.63, 3.8) is 0 Å². The van der Waals surface area contributed by atoms with Gasteiger partial charge in [-0.15, -0.1) is 0 Å². The molecule has 0 amide bonds. The molecule has 0 N–H and O–H groups in total. The van der Waals surface area contributed by atoms with E-state index >= 15 is 0 Å². The molecule has 2 rings (SSSR count). The second kappa shape index (κ2) is 7.91. The molecule has 1 unspecified atom stereocenters. The predicted octanol–water partition coefficient (Wildman–Crippen LogP) is 3.61. The van der Waals surface area contributed by atoms with E-state index in [9.17, 15) is 0 Å². The first-order valence-corrected chi connectivity index (χ1v) is 6.33. The van der Waals surface area contributed by atoms with Crippen LogP contribution < -0.4 is 4.74 Å². The second-order valence-electron chi connectivity index (χ2n) is 3.70.